The van der Waals surface area contributed by atoms with E-state index in [0.717, 1.165) is 0 Å². The van der Waals surface area contributed by atoms with Gasteiger partial charge in [0, 0.05) is 20.1 Å². The van der Waals surface area contributed by atoms with Crippen LogP contribution in [0.3, 0.4) is 0 Å². The Labute approximate surface area is 104 Å². The fourth-order valence-corrected chi connectivity index (χ4v) is 1.50. The van der Waals surface area contributed by atoms with Crippen molar-refractivity contribution in [1.29, 1.82) is 0 Å². The number of carboxylic acid groups (broad SMARTS) is 1. The van der Waals surface area contributed by atoms with Gasteiger partial charge >= 0.3 is 5.97 Å². The van der Waals surface area contributed by atoms with E-state index in [1.54, 1.807) is 7.11 Å². The predicted molar refractivity (Wildman–Crippen MR) is 64.8 cm³/mol. The smallest absolute Gasteiger partial charge is 0.337 e. The minimum Gasteiger partial charge on any atom is -0.491 e. The zero-order valence-corrected chi connectivity index (χ0v) is 10.2. The van der Waals surface area contributed by atoms with Crippen LogP contribution in [-0.4, -0.2) is 31.4 Å². The van der Waals surface area contributed by atoms with Crippen LogP contribution < -0.4 is 10.5 Å². The van der Waals surface area contributed by atoms with Gasteiger partial charge in [-0.2, -0.15) is 0 Å². The van der Waals surface area contributed by atoms with Crippen molar-refractivity contribution in [3.8, 4) is 5.75 Å². The molecule has 0 atom stereocenters. The van der Waals surface area contributed by atoms with Gasteiger partial charge in [-0.25, -0.2) is 4.79 Å². The van der Waals surface area contributed by atoms with Crippen molar-refractivity contribution in [2.75, 3.05) is 26.1 Å². The molecular weight excluding hydrogens is 246 g/mol. The van der Waals surface area contributed by atoms with Crippen molar-refractivity contribution >= 4 is 23.3 Å². The van der Waals surface area contributed by atoms with E-state index < -0.39 is 5.97 Å². The number of methoxy groups -OCH3 is 1. The highest BCUT2D eigenvalue weighted by molar-refractivity contribution is 6.33. The van der Waals surface area contributed by atoms with Crippen molar-refractivity contribution in [2.45, 2.75) is 6.42 Å². The number of halogens is 1. The Kier molecular flexibility index (Phi) is 5.06. The van der Waals surface area contributed by atoms with Crippen LogP contribution in [0.15, 0.2) is 12.1 Å². The molecule has 0 radical (unpaired) electrons. The Morgan fingerprint density at radius 2 is 2.18 bits per heavy atom. The molecule has 0 saturated carbocycles. The second kappa shape index (κ2) is 6.32. The molecule has 0 heterocycles. The van der Waals surface area contributed by atoms with Gasteiger partial charge in [-0.1, -0.05) is 11.6 Å². The van der Waals surface area contributed by atoms with Crippen LogP contribution in [0.1, 0.15) is 16.8 Å². The highest BCUT2D eigenvalue weighted by Crippen LogP contribution is 2.29. The second-order valence-corrected chi connectivity index (χ2v) is 3.78. The molecule has 3 N–H and O–H groups in total. The normalized spacial score (nSPS) is 10.2. The van der Waals surface area contributed by atoms with Crippen LogP contribution in [0, 0.1) is 0 Å². The number of carbonyl (C=O) groups is 1. The van der Waals surface area contributed by atoms with Gasteiger partial charge in [-0.05, 0) is 12.1 Å². The van der Waals surface area contributed by atoms with E-state index in [1.807, 2.05) is 0 Å². The summed E-state index contributed by atoms with van der Waals surface area (Å²) in [6.45, 7) is 0.970. The number of nitrogen functional groups attached to an aromatic ring is 1. The zero-order valence-electron chi connectivity index (χ0n) is 9.40. The second-order valence-electron chi connectivity index (χ2n) is 3.37. The molecule has 1 aromatic carbocycles. The summed E-state index contributed by atoms with van der Waals surface area (Å²) in [4.78, 5) is 10.9. The van der Waals surface area contributed by atoms with Crippen LogP contribution in [0.5, 0.6) is 5.75 Å². The molecule has 1 aromatic rings. The molecule has 0 aliphatic heterocycles. The molecule has 0 spiro atoms. The molecule has 0 aliphatic carbocycles. The molecule has 1 rings (SSSR count). The summed E-state index contributed by atoms with van der Waals surface area (Å²) >= 11 is 5.74. The third-order valence-electron chi connectivity index (χ3n) is 2.08. The SMILES string of the molecule is COCCCOc1cc(C(=O)O)c(Cl)cc1N. The third-order valence-corrected chi connectivity index (χ3v) is 2.39. The summed E-state index contributed by atoms with van der Waals surface area (Å²) in [7, 11) is 1.60. The monoisotopic (exact) mass is 259 g/mol. The first-order valence-electron chi connectivity index (χ1n) is 5.00. The number of ether oxygens (including phenoxy) is 2. The van der Waals surface area contributed by atoms with Gasteiger partial charge < -0.3 is 20.3 Å². The minimum absolute atomic E-state index is 0.0254. The van der Waals surface area contributed by atoms with Gasteiger partial charge in [0.25, 0.3) is 0 Å². The maximum atomic E-state index is 10.9. The van der Waals surface area contributed by atoms with Crippen molar-refractivity contribution in [3.63, 3.8) is 0 Å². The number of anilines is 1. The average Bonchev–Trinajstić information content (AvgIpc) is 2.26. The molecule has 0 aliphatic rings. The summed E-state index contributed by atoms with van der Waals surface area (Å²) in [5.41, 5.74) is 5.96. The van der Waals surface area contributed by atoms with E-state index in [9.17, 15) is 4.79 Å². The van der Waals surface area contributed by atoms with Gasteiger partial charge in [0.05, 0.1) is 22.9 Å². The molecular formula is C11H14ClNO4. The molecule has 17 heavy (non-hydrogen) atoms. The number of rotatable bonds is 6. The largest absolute Gasteiger partial charge is 0.491 e. The summed E-state index contributed by atoms with van der Waals surface area (Å²) in [6.07, 6.45) is 0.695. The average molecular weight is 260 g/mol. The number of carboxylic acids is 1. The van der Waals surface area contributed by atoms with Crippen LogP contribution in [-0.2, 0) is 4.74 Å². The van der Waals surface area contributed by atoms with E-state index in [2.05, 4.69) is 0 Å². The van der Waals surface area contributed by atoms with Crippen molar-refractivity contribution in [1.82, 2.24) is 0 Å². The zero-order chi connectivity index (χ0) is 12.8. The molecule has 0 unspecified atom stereocenters. The van der Waals surface area contributed by atoms with Crippen LogP contribution in [0.4, 0.5) is 5.69 Å². The molecule has 94 valence electrons. The predicted octanol–water partition coefficient (Wildman–Crippen LogP) is 2.04. The molecule has 0 saturated heterocycles. The van der Waals surface area contributed by atoms with Gasteiger partial charge in [-0.3, -0.25) is 0 Å². The number of hydrogen-bond acceptors (Lipinski definition) is 4. The van der Waals surface area contributed by atoms with Crippen LogP contribution >= 0.6 is 11.6 Å². The van der Waals surface area contributed by atoms with E-state index in [-0.39, 0.29) is 10.6 Å². The number of aromatic carboxylic acids is 1. The van der Waals surface area contributed by atoms with E-state index in [4.69, 9.17) is 31.9 Å². The Bertz CT molecular complexity index is 409. The Morgan fingerprint density at radius 3 is 2.76 bits per heavy atom. The standard InChI is InChI=1S/C11H14ClNO4/c1-16-3-2-4-17-10-5-7(11(14)15)8(12)6-9(10)13/h5-6H,2-4,13H2,1H3,(H,14,15). The molecule has 5 nitrogen and oxygen atoms in total. The number of benzene rings is 1. The lowest BCUT2D eigenvalue weighted by Gasteiger charge is -2.10. The Balaban J connectivity index is 2.77. The first kappa shape index (κ1) is 13.6. The quantitative estimate of drug-likeness (QED) is 0.603. The van der Waals surface area contributed by atoms with Crippen LogP contribution in [0.25, 0.3) is 0 Å². The van der Waals surface area contributed by atoms with Gasteiger partial charge in [0.1, 0.15) is 5.75 Å². The highest BCUT2D eigenvalue weighted by Gasteiger charge is 2.13. The summed E-state index contributed by atoms with van der Waals surface area (Å²) in [6, 6.07) is 2.70. The van der Waals surface area contributed by atoms with E-state index in [0.29, 0.717) is 31.1 Å². The van der Waals surface area contributed by atoms with Crippen molar-refractivity contribution in [3.05, 3.63) is 22.7 Å². The topological polar surface area (TPSA) is 81.8 Å². The lowest BCUT2D eigenvalue weighted by atomic mass is 10.2. The summed E-state index contributed by atoms with van der Waals surface area (Å²) in [5, 5.41) is 8.99. The highest BCUT2D eigenvalue weighted by atomic mass is 35.5. The first-order chi connectivity index (χ1) is 8.06. The van der Waals surface area contributed by atoms with Crippen molar-refractivity contribution in [2.24, 2.45) is 0 Å². The third kappa shape index (κ3) is 3.80. The molecule has 0 aromatic heterocycles. The van der Waals surface area contributed by atoms with Gasteiger partial charge in [0.15, 0.2) is 0 Å². The number of hydrogen-bond donors (Lipinski definition) is 2. The number of nitrogens with two attached hydrogens (primary N) is 1. The van der Waals surface area contributed by atoms with Gasteiger partial charge in [-0.15, -0.1) is 0 Å². The summed E-state index contributed by atoms with van der Waals surface area (Å²) in [5.74, 6) is -0.792. The van der Waals surface area contributed by atoms with Crippen molar-refractivity contribution < 1.29 is 19.4 Å². The minimum atomic E-state index is -1.11. The maximum absolute atomic E-state index is 10.9. The lowest BCUT2D eigenvalue weighted by molar-refractivity contribution is 0.0696. The lowest BCUT2D eigenvalue weighted by Crippen LogP contribution is -2.05. The van der Waals surface area contributed by atoms with E-state index >= 15 is 0 Å². The fraction of sp³-hybridized carbons (Fsp3) is 0.364. The molecule has 0 fully saturated rings. The van der Waals surface area contributed by atoms with E-state index in [1.165, 1.54) is 12.1 Å². The maximum Gasteiger partial charge on any atom is 0.337 e. The fourth-order valence-electron chi connectivity index (χ4n) is 1.24. The Hall–Kier alpha value is -1.46. The van der Waals surface area contributed by atoms with Gasteiger partial charge in [0.2, 0.25) is 0 Å². The molecule has 0 amide bonds. The Morgan fingerprint density at radius 1 is 1.47 bits per heavy atom. The van der Waals surface area contributed by atoms with Crippen LogP contribution in [0.2, 0.25) is 5.02 Å². The summed E-state index contributed by atoms with van der Waals surface area (Å²) < 4.78 is 10.2. The molecule has 6 heteroatoms. The first-order valence-corrected chi connectivity index (χ1v) is 5.38. The molecule has 0 bridgehead atoms.